The van der Waals surface area contributed by atoms with Gasteiger partial charge >= 0.3 is 6.03 Å². The number of thiazole rings is 1. The summed E-state index contributed by atoms with van der Waals surface area (Å²) in [6.07, 6.45) is 0. The quantitative estimate of drug-likeness (QED) is 0.777. The van der Waals surface area contributed by atoms with Crippen LogP contribution in [0.5, 0.6) is 0 Å². The number of hydrogen-bond donors (Lipinski definition) is 3. The Bertz CT molecular complexity index is 528. The highest BCUT2D eigenvalue weighted by Crippen LogP contribution is 2.22. The first kappa shape index (κ1) is 13.5. The van der Waals surface area contributed by atoms with Gasteiger partial charge in [0.15, 0.2) is 0 Å². The molecule has 2 rings (SSSR count). The van der Waals surface area contributed by atoms with E-state index in [2.05, 4.69) is 15.6 Å². The van der Waals surface area contributed by atoms with E-state index >= 15 is 0 Å². The van der Waals surface area contributed by atoms with Crippen molar-refractivity contribution in [1.82, 2.24) is 15.6 Å². The maximum Gasteiger partial charge on any atom is 0.315 e. The van der Waals surface area contributed by atoms with Crippen LogP contribution in [0.1, 0.15) is 5.69 Å². The van der Waals surface area contributed by atoms with Crippen LogP contribution in [0.3, 0.4) is 0 Å². The van der Waals surface area contributed by atoms with Crippen LogP contribution in [0.15, 0.2) is 35.7 Å². The average Bonchev–Trinajstić information content (AvgIpc) is 2.93. The molecule has 0 saturated carbocycles. The summed E-state index contributed by atoms with van der Waals surface area (Å²) in [4.78, 5) is 15.8. The number of aliphatic hydroxyl groups is 1. The van der Waals surface area contributed by atoms with Crippen LogP contribution in [-0.2, 0) is 6.54 Å². The summed E-state index contributed by atoms with van der Waals surface area (Å²) in [5.41, 5.74) is 1.89. The molecule has 0 aliphatic carbocycles. The topological polar surface area (TPSA) is 74.2 Å². The molecule has 1 aromatic carbocycles. The van der Waals surface area contributed by atoms with Gasteiger partial charge in [0.1, 0.15) is 5.01 Å². The highest BCUT2D eigenvalue weighted by Gasteiger charge is 2.05. The number of carbonyl (C=O) groups excluding carboxylic acids is 1. The SMILES string of the molecule is O=C(NCCO)NCc1csc(-c2ccccc2)n1. The smallest absolute Gasteiger partial charge is 0.315 e. The molecule has 0 aliphatic rings. The van der Waals surface area contributed by atoms with Gasteiger partial charge in [-0.05, 0) is 0 Å². The molecule has 0 saturated heterocycles. The highest BCUT2D eigenvalue weighted by atomic mass is 32.1. The predicted octanol–water partition coefficient (Wildman–Crippen LogP) is 1.60. The summed E-state index contributed by atoms with van der Waals surface area (Å²) in [6.45, 7) is 0.557. The number of nitrogens with zero attached hydrogens (tertiary/aromatic N) is 1. The second-order valence-electron chi connectivity index (χ2n) is 3.84. The van der Waals surface area contributed by atoms with Gasteiger partial charge in [0, 0.05) is 17.5 Å². The summed E-state index contributed by atoms with van der Waals surface area (Å²) in [6, 6.07) is 9.61. The number of carbonyl (C=O) groups is 1. The van der Waals surface area contributed by atoms with Crippen molar-refractivity contribution in [1.29, 1.82) is 0 Å². The van der Waals surface area contributed by atoms with E-state index in [1.807, 2.05) is 35.7 Å². The van der Waals surface area contributed by atoms with Crippen LogP contribution in [-0.4, -0.2) is 29.3 Å². The fraction of sp³-hybridized carbons (Fsp3) is 0.231. The van der Waals surface area contributed by atoms with Crippen molar-refractivity contribution in [2.45, 2.75) is 6.54 Å². The first-order chi connectivity index (χ1) is 9.29. The van der Waals surface area contributed by atoms with Gasteiger partial charge in [0.2, 0.25) is 0 Å². The third-order valence-corrected chi connectivity index (χ3v) is 3.34. The minimum absolute atomic E-state index is 0.0672. The Balaban J connectivity index is 1.90. The van der Waals surface area contributed by atoms with Crippen molar-refractivity contribution in [3.63, 3.8) is 0 Å². The zero-order valence-electron chi connectivity index (χ0n) is 10.3. The Morgan fingerprint density at radius 1 is 1.26 bits per heavy atom. The number of aromatic nitrogens is 1. The largest absolute Gasteiger partial charge is 0.395 e. The van der Waals surface area contributed by atoms with Gasteiger partial charge in [-0.25, -0.2) is 9.78 Å². The maximum absolute atomic E-state index is 11.3. The van der Waals surface area contributed by atoms with Gasteiger partial charge in [-0.3, -0.25) is 0 Å². The Morgan fingerprint density at radius 3 is 2.79 bits per heavy atom. The second-order valence-corrected chi connectivity index (χ2v) is 4.70. The van der Waals surface area contributed by atoms with E-state index in [4.69, 9.17) is 5.11 Å². The zero-order valence-corrected chi connectivity index (χ0v) is 11.1. The van der Waals surface area contributed by atoms with Crippen molar-refractivity contribution in [2.24, 2.45) is 0 Å². The molecule has 6 heteroatoms. The molecule has 1 heterocycles. The van der Waals surface area contributed by atoms with Crippen LogP contribution >= 0.6 is 11.3 Å². The monoisotopic (exact) mass is 277 g/mol. The van der Waals surface area contributed by atoms with Crippen molar-refractivity contribution in [3.8, 4) is 10.6 Å². The molecule has 2 aromatic rings. The Hall–Kier alpha value is -1.92. The molecule has 0 bridgehead atoms. The first-order valence-corrected chi connectivity index (χ1v) is 6.80. The van der Waals surface area contributed by atoms with Crippen molar-refractivity contribution in [3.05, 3.63) is 41.4 Å². The lowest BCUT2D eigenvalue weighted by Gasteiger charge is -2.04. The maximum atomic E-state index is 11.3. The minimum atomic E-state index is -0.302. The number of hydrogen-bond acceptors (Lipinski definition) is 4. The Labute approximate surface area is 115 Å². The molecule has 2 amide bonds. The summed E-state index contributed by atoms with van der Waals surface area (Å²) >= 11 is 1.55. The van der Waals surface area contributed by atoms with E-state index in [9.17, 15) is 4.79 Å². The minimum Gasteiger partial charge on any atom is -0.395 e. The highest BCUT2D eigenvalue weighted by molar-refractivity contribution is 7.13. The molecule has 100 valence electrons. The molecule has 0 atom stereocenters. The average molecular weight is 277 g/mol. The molecule has 0 unspecified atom stereocenters. The molecule has 0 spiro atoms. The first-order valence-electron chi connectivity index (χ1n) is 5.92. The number of nitrogens with one attached hydrogen (secondary N) is 2. The van der Waals surface area contributed by atoms with E-state index < -0.39 is 0 Å². The van der Waals surface area contributed by atoms with Gasteiger partial charge in [-0.1, -0.05) is 30.3 Å². The molecule has 1 aromatic heterocycles. The third-order valence-electron chi connectivity index (χ3n) is 2.40. The molecule has 0 radical (unpaired) electrons. The predicted molar refractivity (Wildman–Crippen MR) is 74.9 cm³/mol. The molecule has 0 fully saturated rings. The number of amides is 2. The molecule has 5 nitrogen and oxygen atoms in total. The van der Waals surface area contributed by atoms with Crippen molar-refractivity contribution >= 4 is 17.4 Å². The fourth-order valence-corrected chi connectivity index (χ4v) is 2.33. The normalized spacial score (nSPS) is 10.2. The van der Waals surface area contributed by atoms with Crippen LogP contribution in [0.25, 0.3) is 10.6 Å². The van der Waals surface area contributed by atoms with Crippen molar-refractivity contribution < 1.29 is 9.90 Å². The lowest BCUT2D eigenvalue weighted by molar-refractivity contribution is 0.234. The zero-order chi connectivity index (χ0) is 13.5. The van der Waals surface area contributed by atoms with E-state index in [-0.39, 0.29) is 19.2 Å². The van der Waals surface area contributed by atoms with Gasteiger partial charge in [0.25, 0.3) is 0 Å². The van der Waals surface area contributed by atoms with Crippen LogP contribution in [0.2, 0.25) is 0 Å². The number of benzene rings is 1. The van der Waals surface area contributed by atoms with E-state index in [1.165, 1.54) is 0 Å². The molecule has 0 aliphatic heterocycles. The standard InChI is InChI=1S/C13H15N3O2S/c17-7-6-14-13(18)15-8-11-9-19-12(16-11)10-4-2-1-3-5-10/h1-5,9,17H,6-8H2,(H2,14,15,18). The van der Waals surface area contributed by atoms with Gasteiger partial charge in [-0.2, -0.15) is 0 Å². The number of rotatable bonds is 5. The van der Waals surface area contributed by atoms with Crippen LogP contribution in [0.4, 0.5) is 4.79 Å². The molecular weight excluding hydrogens is 262 g/mol. The van der Waals surface area contributed by atoms with E-state index in [0.717, 1.165) is 16.3 Å². The van der Waals surface area contributed by atoms with Crippen LogP contribution < -0.4 is 10.6 Å². The Kier molecular flexibility index (Phi) is 4.88. The lowest BCUT2D eigenvalue weighted by atomic mass is 10.2. The lowest BCUT2D eigenvalue weighted by Crippen LogP contribution is -2.36. The van der Waals surface area contributed by atoms with Gasteiger partial charge < -0.3 is 15.7 Å². The van der Waals surface area contributed by atoms with E-state index in [1.54, 1.807) is 11.3 Å². The van der Waals surface area contributed by atoms with Crippen LogP contribution in [0, 0.1) is 0 Å². The summed E-state index contributed by atoms with van der Waals surface area (Å²) < 4.78 is 0. The fourth-order valence-electron chi connectivity index (χ4n) is 1.50. The van der Waals surface area contributed by atoms with Gasteiger partial charge in [0.05, 0.1) is 18.8 Å². The summed E-state index contributed by atoms with van der Waals surface area (Å²) in [5.74, 6) is 0. The third kappa shape index (κ3) is 4.04. The Morgan fingerprint density at radius 2 is 2.05 bits per heavy atom. The summed E-state index contributed by atoms with van der Waals surface area (Å²) in [7, 11) is 0. The van der Waals surface area contributed by atoms with Crippen molar-refractivity contribution in [2.75, 3.05) is 13.2 Å². The number of urea groups is 1. The molecule has 19 heavy (non-hydrogen) atoms. The number of aliphatic hydroxyl groups excluding tert-OH is 1. The van der Waals surface area contributed by atoms with Gasteiger partial charge in [-0.15, -0.1) is 11.3 Å². The van der Waals surface area contributed by atoms with E-state index in [0.29, 0.717) is 6.54 Å². The summed E-state index contributed by atoms with van der Waals surface area (Å²) in [5, 5.41) is 16.6. The second kappa shape index (κ2) is 6.86. The molecular formula is C13H15N3O2S. The molecule has 3 N–H and O–H groups in total.